The Hall–Kier alpha value is -2.52. The number of benzene rings is 1. The quantitative estimate of drug-likeness (QED) is 0.724. The smallest absolute Gasteiger partial charge is 0.262 e. The average Bonchev–Trinajstić information content (AvgIpc) is 2.79. The number of rotatable bonds is 4. The number of piperazine rings is 1. The summed E-state index contributed by atoms with van der Waals surface area (Å²) in [5, 5.41) is 0.562. The molecule has 166 valence electrons. The Morgan fingerprint density at radius 3 is 2.42 bits per heavy atom. The van der Waals surface area contributed by atoms with Crippen LogP contribution >= 0.6 is 12.2 Å². The van der Waals surface area contributed by atoms with E-state index in [1.54, 1.807) is 6.07 Å². The Morgan fingerprint density at radius 1 is 1.03 bits per heavy atom. The van der Waals surface area contributed by atoms with Crippen molar-refractivity contribution in [3.8, 4) is 0 Å². The first-order chi connectivity index (χ1) is 14.9. The van der Waals surface area contributed by atoms with Crippen molar-refractivity contribution in [3.05, 3.63) is 39.4 Å². The Bertz CT molecular complexity index is 1080. The van der Waals surface area contributed by atoms with Gasteiger partial charge in [0.25, 0.3) is 5.56 Å². The minimum absolute atomic E-state index is 0.0000418. The van der Waals surface area contributed by atoms with Crippen LogP contribution in [0.25, 0.3) is 10.9 Å². The maximum absolute atomic E-state index is 12.8. The van der Waals surface area contributed by atoms with Crippen LogP contribution in [0.4, 0.5) is 0 Å². The Balaban J connectivity index is 1.32. The maximum Gasteiger partial charge on any atom is 0.262 e. The van der Waals surface area contributed by atoms with Crippen LogP contribution in [-0.2, 0) is 16.1 Å². The number of hydrogen-bond donors (Lipinski definition) is 1. The lowest BCUT2D eigenvalue weighted by Crippen LogP contribution is -2.51. The second-order valence-electron chi connectivity index (χ2n) is 8.47. The fraction of sp³-hybridized carbons (Fsp3) is 0.545. The van der Waals surface area contributed by atoms with Crippen molar-refractivity contribution in [2.75, 3.05) is 46.3 Å². The van der Waals surface area contributed by atoms with Crippen molar-refractivity contribution in [1.82, 2.24) is 24.3 Å². The zero-order valence-electron chi connectivity index (χ0n) is 17.9. The van der Waals surface area contributed by atoms with Crippen molar-refractivity contribution in [2.24, 2.45) is 5.92 Å². The summed E-state index contributed by atoms with van der Waals surface area (Å²) in [6.45, 7) is 4.83. The van der Waals surface area contributed by atoms with Crippen molar-refractivity contribution in [1.29, 1.82) is 0 Å². The molecule has 2 aliphatic heterocycles. The second-order valence-corrected chi connectivity index (χ2v) is 8.85. The lowest BCUT2D eigenvalue weighted by Gasteiger charge is -2.37. The molecule has 0 bridgehead atoms. The SMILES string of the molecule is CN1CCN(C(=O)C2CCN(C(=O)CCn3c(=S)[nH]c4ccccc4c3=O)CC2)CC1. The number of aromatic amines is 1. The molecule has 2 aromatic rings. The molecule has 0 atom stereocenters. The number of nitrogens with one attached hydrogen (secondary N) is 1. The molecule has 31 heavy (non-hydrogen) atoms. The van der Waals surface area contributed by atoms with E-state index in [-0.39, 0.29) is 36.3 Å². The fourth-order valence-corrected chi connectivity index (χ4v) is 4.71. The van der Waals surface area contributed by atoms with E-state index in [1.165, 1.54) is 4.57 Å². The van der Waals surface area contributed by atoms with Gasteiger partial charge >= 0.3 is 0 Å². The van der Waals surface area contributed by atoms with Gasteiger partial charge in [-0.2, -0.15) is 0 Å². The van der Waals surface area contributed by atoms with Crippen LogP contribution in [0, 0.1) is 10.7 Å². The van der Waals surface area contributed by atoms with Crippen LogP contribution in [0.15, 0.2) is 29.1 Å². The number of hydrogen-bond acceptors (Lipinski definition) is 5. The molecular formula is C22H29N5O3S. The summed E-state index contributed by atoms with van der Waals surface area (Å²) in [6.07, 6.45) is 1.62. The molecule has 0 unspecified atom stereocenters. The van der Waals surface area contributed by atoms with E-state index >= 15 is 0 Å². The molecule has 1 aromatic carbocycles. The predicted octanol–water partition coefficient (Wildman–Crippen LogP) is 1.46. The molecule has 8 nitrogen and oxygen atoms in total. The van der Waals surface area contributed by atoms with Gasteiger partial charge in [-0.1, -0.05) is 12.1 Å². The fourth-order valence-electron chi connectivity index (χ4n) is 4.43. The summed E-state index contributed by atoms with van der Waals surface area (Å²) in [5.41, 5.74) is 0.524. The molecule has 0 radical (unpaired) electrons. The number of amides is 2. The van der Waals surface area contributed by atoms with E-state index in [9.17, 15) is 14.4 Å². The van der Waals surface area contributed by atoms with Crippen molar-refractivity contribution in [2.45, 2.75) is 25.8 Å². The number of aromatic nitrogens is 2. The lowest BCUT2D eigenvalue weighted by atomic mass is 9.94. The molecule has 0 saturated carbocycles. The highest BCUT2D eigenvalue weighted by Gasteiger charge is 2.31. The number of likely N-dealkylation sites (N-methyl/N-ethyl adjacent to an activating group) is 1. The third-order valence-corrected chi connectivity index (χ3v) is 6.77. The third-order valence-electron chi connectivity index (χ3n) is 6.45. The maximum atomic E-state index is 12.8. The van der Waals surface area contributed by atoms with Crippen LogP contribution in [0.3, 0.4) is 0 Å². The van der Waals surface area contributed by atoms with Gasteiger partial charge in [-0.05, 0) is 44.2 Å². The molecule has 2 saturated heterocycles. The first kappa shape index (κ1) is 21.7. The van der Waals surface area contributed by atoms with E-state index in [4.69, 9.17) is 12.2 Å². The molecule has 3 heterocycles. The summed E-state index contributed by atoms with van der Waals surface area (Å²) in [7, 11) is 2.07. The van der Waals surface area contributed by atoms with Gasteiger partial charge in [0.1, 0.15) is 0 Å². The Kier molecular flexibility index (Phi) is 6.52. The number of piperidine rings is 1. The molecule has 2 amide bonds. The summed E-state index contributed by atoms with van der Waals surface area (Å²) in [5.74, 6) is 0.235. The molecule has 1 aromatic heterocycles. The van der Waals surface area contributed by atoms with Gasteiger partial charge in [0.05, 0.1) is 10.9 Å². The number of fused-ring (bicyclic) bond motifs is 1. The zero-order valence-corrected chi connectivity index (χ0v) is 18.7. The van der Waals surface area contributed by atoms with E-state index < -0.39 is 0 Å². The summed E-state index contributed by atoms with van der Waals surface area (Å²) in [6, 6.07) is 7.22. The van der Waals surface area contributed by atoms with Gasteiger partial charge in [0.15, 0.2) is 4.77 Å². The van der Waals surface area contributed by atoms with Gasteiger partial charge < -0.3 is 19.7 Å². The number of nitrogens with zero attached hydrogens (tertiary/aromatic N) is 4. The average molecular weight is 444 g/mol. The van der Waals surface area contributed by atoms with Crippen LogP contribution < -0.4 is 5.56 Å². The minimum atomic E-state index is -0.177. The highest BCUT2D eigenvalue weighted by atomic mass is 32.1. The Morgan fingerprint density at radius 2 is 1.71 bits per heavy atom. The molecule has 0 spiro atoms. The van der Waals surface area contributed by atoms with Gasteiger partial charge in [-0.15, -0.1) is 0 Å². The molecule has 4 rings (SSSR count). The first-order valence-electron chi connectivity index (χ1n) is 10.9. The zero-order chi connectivity index (χ0) is 22.0. The largest absolute Gasteiger partial charge is 0.343 e. The first-order valence-corrected chi connectivity index (χ1v) is 11.3. The van der Waals surface area contributed by atoms with Gasteiger partial charge in [-0.3, -0.25) is 19.0 Å². The van der Waals surface area contributed by atoms with Crippen LogP contribution in [-0.4, -0.2) is 82.4 Å². The molecule has 2 aliphatic rings. The number of likely N-dealkylation sites (tertiary alicyclic amines) is 1. The van der Waals surface area contributed by atoms with Gasteiger partial charge in [-0.25, -0.2) is 0 Å². The van der Waals surface area contributed by atoms with Crippen molar-refractivity contribution >= 4 is 34.9 Å². The van der Waals surface area contributed by atoms with Crippen LogP contribution in [0.5, 0.6) is 0 Å². The highest BCUT2D eigenvalue weighted by Crippen LogP contribution is 2.21. The van der Waals surface area contributed by atoms with Crippen molar-refractivity contribution < 1.29 is 9.59 Å². The Labute approximate surface area is 186 Å². The van der Waals surface area contributed by atoms with Gasteiger partial charge in [0, 0.05) is 58.2 Å². The van der Waals surface area contributed by atoms with E-state index in [1.807, 2.05) is 28.0 Å². The molecule has 9 heteroatoms. The number of carbonyl (C=O) groups is 2. The van der Waals surface area contributed by atoms with E-state index in [0.717, 1.165) is 26.2 Å². The molecular weight excluding hydrogens is 414 g/mol. The van der Waals surface area contributed by atoms with Crippen LogP contribution in [0.2, 0.25) is 0 Å². The monoisotopic (exact) mass is 443 g/mol. The molecule has 1 N–H and O–H groups in total. The van der Waals surface area contributed by atoms with E-state index in [0.29, 0.717) is 41.6 Å². The van der Waals surface area contributed by atoms with Gasteiger partial charge in [0.2, 0.25) is 11.8 Å². The highest BCUT2D eigenvalue weighted by molar-refractivity contribution is 7.71. The van der Waals surface area contributed by atoms with E-state index in [2.05, 4.69) is 16.9 Å². The van der Waals surface area contributed by atoms with Crippen LogP contribution in [0.1, 0.15) is 19.3 Å². The number of carbonyl (C=O) groups excluding carboxylic acids is 2. The topological polar surface area (TPSA) is 81.7 Å². The van der Waals surface area contributed by atoms with Crippen molar-refractivity contribution in [3.63, 3.8) is 0 Å². The minimum Gasteiger partial charge on any atom is -0.343 e. The standard InChI is InChI=1S/C22H29N5O3S/c1-24-12-14-26(15-13-24)20(29)16-6-9-25(10-7-16)19(28)8-11-27-21(30)17-4-2-3-5-18(17)23-22(27)31/h2-5,16H,6-15H2,1H3,(H,23,31). The second kappa shape index (κ2) is 9.32. The number of H-pyrrole nitrogens is 1. The summed E-state index contributed by atoms with van der Waals surface area (Å²) < 4.78 is 1.78. The molecule has 0 aliphatic carbocycles. The summed E-state index contributed by atoms with van der Waals surface area (Å²) >= 11 is 5.33. The molecule has 2 fully saturated rings. The third kappa shape index (κ3) is 4.72. The number of para-hydroxylation sites is 1. The summed E-state index contributed by atoms with van der Waals surface area (Å²) in [4.78, 5) is 47.3. The predicted molar refractivity (Wildman–Crippen MR) is 121 cm³/mol. The normalized spacial score (nSPS) is 18.5. The lowest BCUT2D eigenvalue weighted by molar-refractivity contribution is -0.142.